The average molecular weight is 344 g/mol. The molecule has 1 aromatic heterocycles. The van der Waals surface area contributed by atoms with E-state index in [2.05, 4.69) is 6.92 Å². The highest BCUT2D eigenvalue weighted by Crippen LogP contribution is 2.37. The van der Waals surface area contributed by atoms with E-state index in [4.69, 9.17) is 4.74 Å². The number of carbonyl (C=O) groups is 1. The van der Waals surface area contributed by atoms with Crippen LogP contribution in [0.3, 0.4) is 0 Å². The number of fused-ring (bicyclic) bond motifs is 1. The number of hydrogen-bond acceptors (Lipinski definition) is 3. The van der Waals surface area contributed by atoms with Gasteiger partial charge >= 0.3 is 6.18 Å². The van der Waals surface area contributed by atoms with Gasteiger partial charge in [0.05, 0.1) is 17.0 Å². The standard InChI is InChI=1S/C17H19F3O2S/c1-3-4-8-22-9-7-14(21)16-11(2)13-6-5-12(17(18,19)20)10-15(13)23-16/h5-6,10H,3-4,7-9H2,1-2H3. The molecule has 0 aliphatic heterocycles. The molecule has 0 aliphatic rings. The Morgan fingerprint density at radius 3 is 2.65 bits per heavy atom. The van der Waals surface area contributed by atoms with E-state index in [1.54, 1.807) is 6.92 Å². The molecule has 0 fully saturated rings. The van der Waals surface area contributed by atoms with Gasteiger partial charge in [-0.2, -0.15) is 13.2 Å². The fourth-order valence-corrected chi connectivity index (χ4v) is 3.51. The van der Waals surface area contributed by atoms with Crippen LogP contribution < -0.4 is 0 Å². The van der Waals surface area contributed by atoms with Crippen molar-refractivity contribution in [2.24, 2.45) is 0 Å². The minimum Gasteiger partial charge on any atom is -0.381 e. The van der Waals surface area contributed by atoms with Crippen LogP contribution in [0.1, 0.15) is 47.0 Å². The third kappa shape index (κ3) is 4.32. The minimum atomic E-state index is -4.37. The van der Waals surface area contributed by atoms with Gasteiger partial charge in [0.15, 0.2) is 5.78 Å². The molecule has 0 radical (unpaired) electrons. The third-order valence-corrected chi connectivity index (χ3v) is 4.93. The molecule has 0 saturated carbocycles. The van der Waals surface area contributed by atoms with Crippen LogP contribution in [0.2, 0.25) is 0 Å². The highest BCUT2D eigenvalue weighted by atomic mass is 32.1. The SMILES string of the molecule is CCCCOCCC(=O)c1sc2cc(C(F)(F)F)ccc2c1C. The van der Waals surface area contributed by atoms with Gasteiger partial charge in [-0.05, 0) is 36.4 Å². The zero-order valence-electron chi connectivity index (χ0n) is 13.1. The van der Waals surface area contributed by atoms with E-state index in [1.807, 2.05) is 0 Å². The number of ether oxygens (including phenoxy) is 1. The van der Waals surface area contributed by atoms with Crippen LogP contribution >= 0.6 is 11.3 Å². The van der Waals surface area contributed by atoms with Crippen molar-refractivity contribution in [3.8, 4) is 0 Å². The maximum atomic E-state index is 12.8. The summed E-state index contributed by atoms with van der Waals surface area (Å²) >= 11 is 1.13. The Balaban J connectivity index is 2.15. The van der Waals surface area contributed by atoms with E-state index in [-0.39, 0.29) is 12.2 Å². The normalized spacial score (nSPS) is 12.0. The summed E-state index contributed by atoms with van der Waals surface area (Å²) in [5, 5.41) is 0.707. The Morgan fingerprint density at radius 1 is 1.26 bits per heavy atom. The summed E-state index contributed by atoms with van der Waals surface area (Å²) in [5.41, 5.74) is 0.0606. The number of thiophene rings is 1. The number of carbonyl (C=O) groups excluding carboxylic acids is 1. The lowest BCUT2D eigenvalue weighted by atomic mass is 10.1. The molecule has 1 heterocycles. The van der Waals surface area contributed by atoms with Crippen molar-refractivity contribution in [1.29, 1.82) is 0 Å². The molecule has 2 nitrogen and oxygen atoms in total. The number of ketones is 1. The Hall–Kier alpha value is -1.40. The zero-order valence-corrected chi connectivity index (χ0v) is 13.9. The minimum absolute atomic E-state index is 0.0752. The van der Waals surface area contributed by atoms with E-state index in [0.717, 1.165) is 41.9 Å². The smallest absolute Gasteiger partial charge is 0.381 e. The molecule has 0 bridgehead atoms. The van der Waals surface area contributed by atoms with Gasteiger partial charge in [0.1, 0.15) is 0 Å². The summed E-state index contributed by atoms with van der Waals surface area (Å²) in [7, 11) is 0. The molecule has 0 amide bonds. The van der Waals surface area contributed by atoms with Crippen LogP contribution in [0.4, 0.5) is 13.2 Å². The summed E-state index contributed by atoms with van der Waals surface area (Å²) in [5.74, 6) is -0.0752. The average Bonchev–Trinajstić information content (AvgIpc) is 2.83. The maximum Gasteiger partial charge on any atom is 0.416 e. The monoisotopic (exact) mass is 344 g/mol. The van der Waals surface area contributed by atoms with Crippen molar-refractivity contribution in [3.05, 3.63) is 34.2 Å². The van der Waals surface area contributed by atoms with Crippen LogP contribution in [0.15, 0.2) is 18.2 Å². The Morgan fingerprint density at radius 2 is 2.00 bits per heavy atom. The maximum absolute atomic E-state index is 12.8. The number of alkyl halides is 3. The molecule has 2 aromatic rings. The molecule has 0 unspecified atom stereocenters. The first-order chi connectivity index (χ1) is 10.8. The van der Waals surface area contributed by atoms with E-state index in [1.165, 1.54) is 6.07 Å². The quantitative estimate of drug-likeness (QED) is 0.481. The first-order valence-corrected chi connectivity index (χ1v) is 8.37. The number of hydrogen-bond donors (Lipinski definition) is 0. The van der Waals surface area contributed by atoms with Crippen LogP contribution in [0.5, 0.6) is 0 Å². The van der Waals surface area contributed by atoms with E-state index in [9.17, 15) is 18.0 Å². The van der Waals surface area contributed by atoms with Crippen LogP contribution in [-0.2, 0) is 10.9 Å². The molecular formula is C17H19F3O2S. The number of benzene rings is 1. The molecule has 0 aliphatic carbocycles. The Bertz CT molecular complexity index is 689. The van der Waals surface area contributed by atoms with Gasteiger partial charge in [-0.3, -0.25) is 4.79 Å². The summed E-state index contributed by atoms with van der Waals surface area (Å²) in [6.45, 7) is 4.81. The number of rotatable bonds is 7. The molecule has 0 saturated heterocycles. The van der Waals surface area contributed by atoms with Gasteiger partial charge in [-0.1, -0.05) is 19.4 Å². The summed E-state index contributed by atoms with van der Waals surface area (Å²) < 4.78 is 44.2. The first-order valence-electron chi connectivity index (χ1n) is 7.56. The van der Waals surface area contributed by atoms with Crippen LogP contribution in [0, 0.1) is 6.92 Å². The molecule has 126 valence electrons. The van der Waals surface area contributed by atoms with Crippen molar-refractivity contribution < 1.29 is 22.7 Å². The van der Waals surface area contributed by atoms with Crippen molar-refractivity contribution in [2.45, 2.75) is 39.3 Å². The highest BCUT2D eigenvalue weighted by Gasteiger charge is 2.31. The second-order valence-corrected chi connectivity index (χ2v) is 6.46. The molecule has 0 spiro atoms. The van der Waals surface area contributed by atoms with Gasteiger partial charge in [-0.25, -0.2) is 0 Å². The van der Waals surface area contributed by atoms with Gasteiger partial charge in [0.25, 0.3) is 0 Å². The molecule has 0 N–H and O–H groups in total. The molecule has 1 aromatic carbocycles. The largest absolute Gasteiger partial charge is 0.416 e. The lowest BCUT2D eigenvalue weighted by Gasteiger charge is -2.05. The number of Topliss-reactive ketones (excluding diaryl/α,β-unsaturated/α-hetero) is 1. The molecule has 23 heavy (non-hydrogen) atoms. The van der Waals surface area contributed by atoms with Crippen molar-refractivity contribution in [3.63, 3.8) is 0 Å². The Labute approximate surface area is 137 Å². The second kappa shape index (κ2) is 7.45. The summed E-state index contributed by atoms with van der Waals surface area (Å²) in [4.78, 5) is 12.8. The third-order valence-electron chi connectivity index (χ3n) is 3.63. The molecular weight excluding hydrogens is 325 g/mol. The molecule has 2 rings (SSSR count). The van der Waals surface area contributed by atoms with E-state index in [0.29, 0.717) is 28.2 Å². The van der Waals surface area contributed by atoms with Crippen LogP contribution in [-0.4, -0.2) is 19.0 Å². The predicted octanol–water partition coefficient (Wildman–Crippen LogP) is 5.62. The predicted molar refractivity (Wildman–Crippen MR) is 86.2 cm³/mol. The summed E-state index contributed by atoms with van der Waals surface area (Å²) in [6, 6.07) is 3.62. The van der Waals surface area contributed by atoms with E-state index < -0.39 is 11.7 Å². The van der Waals surface area contributed by atoms with Gasteiger partial charge < -0.3 is 4.74 Å². The fourth-order valence-electron chi connectivity index (χ4n) is 2.29. The van der Waals surface area contributed by atoms with Crippen molar-refractivity contribution in [1.82, 2.24) is 0 Å². The van der Waals surface area contributed by atoms with Crippen molar-refractivity contribution in [2.75, 3.05) is 13.2 Å². The number of halogens is 3. The van der Waals surface area contributed by atoms with Gasteiger partial charge in [-0.15, -0.1) is 11.3 Å². The van der Waals surface area contributed by atoms with Gasteiger partial charge in [0, 0.05) is 17.7 Å². The zero-order chi connectivity index (χ0) is 17.0. The van der Waals surface area contributed by atoms with Gasteiger partial charge in [0.2, 0.25) is 0 Å². The fraction of sp³-hybridized carbons (Fsp3) is 0.471. The first kappa shape index (κ1) is 17.9. The second-order valence-electron chi connectivity index (χ2n) is 5.40. The summed E-state index contributed by atoms with van der Waals surface area (Å²) in [6.07, 6.45) is -2.13. The van der Waals surface area contributed by atoms with Crippen molar-refractivity contribution >= 4 is 27.2 Å². The van der Waals surface area contributed by atoms with Crippen LogP contribution in [0.25, 0.3) is 10.1 Å². The highest BCUT2D eigenvalue weighted by molar-refractivity contribution is 7.21. The number of aryl methyl sites for hydroxylation is 1. The molecule has 6 heteroatoms. The number of unbranched alkanes of at least 4 members (excludes halogenated alkanes) is 1. The lowest BCUT2D eigenvalue weighted by molar-refractivity contribution is -0.137. The Kier molecular flexibility index (Phi) is 5.81. The molecule has 0 atom stereocenters. The topological polar surface area (TPSA) is 26.3 Å². The van der Waals surface area contributed by atoms with E-state index >= 15 is 0 Å². The lowest BCUT2D eigenvalue weighted by Crippen LogP contribution is -2.05.